The molecule has 1 amide bonds. The van der Waals surface area contributed by atoms with Crippen LogP contribution >= 0.6 is 0 Å². The molecule has 0 saturated carbocycles. The third-order valence-electron chi connectivity index (χ3n) is 4.89. The van der Waals surface area contributed by atoms with Gasteiger partial charge in [0, 0.05) is 11.3 Å². The van der Waals surface area contributed by atoms with Gasteiger partial charge in [-0.1, -0.05) is 0 Å². The van der Waals surface area contributed by atoms with Gasteiger partial charge in [-0.15, -0.1) is 0 Å². The Balaban J connectivity index is 1.46. The number of nitrogens with one attached hydrogen (secondary N) is 1. The summed E-state index contributed by atoms with van der Waals surface area (Å²) in [6.45, 7) is 2.10. The van der Waals surface area contributed by atoms with E-state index in [1.807, 2.05) is 0 Å². The molecule has 0 aromatic heterocycles. The van der Waals surface area contributed by atoms with Crippen LogP contribution in [0.1, 0.15) is 39.1 Å². The molecule has 2 aromatic carbocycles. The zero-order valence-corrected chi connectivity index (χ0v) is 15.9. The van der Waals surface area contributed by atoms with E-state index in [0.29, 0.717) is 41.7 Å². The van der Waals surface area contributed by atoms with Crippen LogP contribution in [0, 0.1) is 0 Å². The number of ketones is 1. The van der Waals surface area contributed by atoms with Gasteiger partial charge in [-0.3, -0.25) is 9.59 Å². The molecule has 150 valence electrons. The molecular weight excluding hydrogens is 378 g/mol. The maximum Gasteiger partial charge on any atom is 0.338 e. The van der Waals surface area contributed by atoms with E-state index in [4.69, 9.17) is 18.9 Å². The van der Waals surface area contributed by atoms with Crippen molar-refractivity contribution >= 4 is 23.3 Å². The molecule has 0 spiro atoms. The number of amides is 1. The first kappa shape index (κ1) is 18.8. The van der Waals surface area contributed by atoms with Gasteiger partial charge in [0.1, 0.15) is 13.2 Å². The van der Waals surface area contributed by atoms with Crippen LogP contribution in [0.25, 0.3) is 0 Å². The van der Waals surface area contributed by atoms with E-state index in [-0.39, 0.29) is 23.2 Å². The summed E-state index contributed by atoms with van der Waals surface area (Å²) >= 11 is 0. The highest BCUT2D eigenvalue weighted by molar-refractivity contribution is 6.05. The molecular formula is C21H19NO7. The van der Waals surface area contributed by atoms with E-state index in [1.54, 1.807) is 25.1 Å². The quantitative estimate of drug-likeness (QED) is 0.611. The second-order valence-corrected chi connectivity index (χ2v) is 6.71. The molecule has 0 saturated heterocycles. The smallest absolute Gasteiger partial charge is 0.338 e. The van der Waals surface area contributed by atoms with Crippen molar-refractivity contribution in [3.63, 3.8) is 0 Å². The van der Waals surface area contributed by atoms with Crippen molar-refractivity contribution in [3.8, 4) is 17.2 Å². The molecule has 4 rings (SSSR count). The lowest BCUT2D eigenvalue weighted by Gasteiger charge is -2.21. The van der Waals surface area contributed by atoms with Gasteiger partial charge in [0.2, 0.25) is 11.7 Å². The van der Waals surface area contributed by atoms with E-state index in [1.165, 1.54) is 19.2 Å². The molecule has 1 N–H and O–H groups in total. The molecule has 2 heterocycles. The summed E-state index contributed by atoms with van der Waals surface area (Å²) in [6.07, 6.45) is 0. The first-order valence-electron chi connectivity index (χ1n) is 9.10. The molecule has 8 nitrogen and oxygen atoms in total. The normalized spacial score (nSPS) is 16.6. The number of methoxy groups -OCH3 is 1. The van der Waals surface area contributed by atoms with Crippen LogP contribution in [0.4, 0.5) is 5.69 Å². The van der Waals surface area contributed by atoms with Crippen LogP contribution in [0.2, 0.25) is 0 Å². The van der Waals surface area contributed by atoms with E-state index in [2.05, 4.69) is 5.32 Å². The topological polar surface area (TPSA) is 100 Å². The monoisotopic (exact) mass is 397 g/mol. The van der Waals surface area contributed by atoms with Gasteiger partial charge in [0.15, 0.2) is 23.9 Å². The standard InChI is InChI=1S/C21H19NO7/c1-11-14-7-12(3-4-15(14)22-20(11)24)16(23)10-29-21(25)13-8-17(26-2)19-18(9-13)27-5-6-28-19/h3-4,7-9,11H,5-6,10H2,1-2H3,(H,22,24)/t11-/m0/s1. The fourth-order valence-corrected chi connectivity index (χ4v) is 3.28. The largest absolute Gasteiger partial charge is 0.493 e. The zero-order valence-electron chi connectivity index (χ0n) is 15.9. The number of Topliss-reactive ketones (excluding diaryl/α,β-unsaturated/α-hetero) is 1. The Morgan fingerprint density at radius 1 is 1.14 bits per heavy atom. The Hall–Kier alpha value is -3.55. The number of hydrogen-bond acceptors (Lipinski definition) is 7. The maximum absolute atomic E-state index is 12.5. The van der Waals surface area contributed by atoms with Crippen molar-refractivity contribution in [1.29, 1.82) is 0 Å². The van der Waals surface area contributed by atoms with Gasteiger partial charge >= 0.3 is 5.97 Å². The number of fused-ring (bicyclic) bond motifs is 2. The van der Waals surface area contributed by atoms with Crippen molar-refractivity contribution in [2.24, 2.45) is 0 Å². The molecule has 8 heteroatoms. The molecule has 0 aliphatic carbocycles. The van der Waals surface area contributed by atoms with Gasteiger partial charge in [0.05, 0.1) is 18.6 Å². The molecule has 0 fully saturated rings. The minimum atomic E-state index is -0.681. The third kappa shape index (κ3) is 3.49. The third-order valence-corrected chi connectivity index (χ3v) is 4.89. The molecule has 0 bridgehead atoms. The Labute approximate surface area is 166 Å². The van der Waals surface area contributed by atoms with E-state index >= 15 is 0 Å². The second-order valence-electron chi connectivity index (χ2n) is 6.71. The predicted octanol–water partition coefficient (Wildman–Crippen LogP) is 2.56. The first-order valence-corrected chi connectivity index (χ1v) is 9.10. The van der Waals surface area contributed by atoms with Crippen LogP contribution in [-0.2, 0) is 9.53 Å². The highest BCUT2D eigenvalue weighted by Gasteiger charge is 2.27. The second kappa shape index (κ2) is 7.46. The molecule has 2 aliphatic rings. The number of anilines is 1. The Morgan fingerprint density at radius 3 is 2.72 bits per heavy atom. The first-order chi connectivity index (χ1) is 14.0. The van der Waals surface area contributed by atoms with Crippen molar-refractivity contribution in [3.05, 3.63) is 47.0 Å². The molecule has 0 unspecified atom stereocenters. The van der Waals surface area contributed by atoms with Crippen LogP contribution in [-0.4, -0.2) is 44.6 Å². The summed E-state index contributed by atoms with van der Waals surface area (Å²) in [6, 6.07) is 7.91. The fourth-order valence-electron chi connectivity index (χ4n) is 3.28. The van der Waals surface area contributed by atoms with Crippen molar-refractivity contribution in [1.82, 2.24) is 0 Å². The zero-order chi connectivity index (χ0) is 20.5. The Morgan fingerprint density at radius 2 is 1.93 bits per heavy atom. The highest BCUT2D eigenvalue weighted by Crippen LogP contribution is 2.40. The highest BCUT2D eigenvalue weighted by atomic mass is 16.6. The lowest BCUT2D eigenvalue weighted by Crippen LogP contribution is -2.18. The fraction of sp³-hybridized carbons (Fsp3) is 0.286. The lowest BCUT2D eigenvalue weighted by molar-refractivity contribution is -0.116. The minimum absolute atomic E-state index is 0.108. The molecule has 29 heavy (non-hydrogen) atoms. The Kier molecular flexibility index (Phi) is 4.84. The summed E-state index contributed by atoms with van der Waals surface area (Å²) in [5, 5.41) is 2.75. The molecule has 2 aliphatic heterocycles. The van der Waals surface area contributed by atoms with Crippen molar-refractivity contribution in [2.75, 3.05) is 32.2 Å². The molecule has 2 aromatic rings. The van der Waals surface area contributed by atoms with E-state index < -0.39 is 12.6 Å². The minimum Gasteiger partial charge on any atom is -0.493 e. The average molecular weight is 397 g/mol. The predicted molar refractivity (Wildman–Crippen MR) is 102 cm³/mol. The van der Waals surface area contributed by atoms with Crippen LogP contribution in [0.5, 0.6) is 17.2 Å². The van der Waals surface area contributed by atoms with Crippen LogP contribution < -0.4 is 19.5 Å². The van der Waals surface area contributed by atoms with Gasteiger partial charge in [0.25, 0.3) is 0 Å². The molecule has 0 radical (unpaired) electrons. The number of esters is 1. The summed E-state index contributed by atoms with van der Waals surface area (Å²) in [4.78, 5) is 36.7. The number of hydrogen-bond donors (Lipinski definition) is 1. The maximum atomic E-state index is 12.5. The number of carbonyl (C=O) groups excluding carboxylic acids is 3. The van der Waals surface area contributed by atoms with Gasteiger partial charge in [-0.2, -0.15) is 0 Å². The average Bonchev–Trinajstić information content (AvgIpc) is 3.03. The number of benzene rings is 2. The lowest BCUT2D eigenvalue weighted by atomic mass is 9.99. The summed E-state index contributed by atoms with van der Waals surface area (Å²) in [5.41, 5.74) is 2.01. The van der Waals surface area contributed by atoms with E-state index in [9.17, 15) is 14.4 Å². The molecule has 1 atom stereocenters. The summed E-state index contributed by atoms with van der Waals surface area (Å²) < 4.78 is 21.4. The van der Waals surface area contributed by atoms with Gasteiger partial charge in [-0.25, -0.2) is 4.79 Å². The van der Waals surface area contributed by atoms with E-state index in [0.717, 1.165) is 5.56 Å². The van der Waals surface area contributed by atoms with Crippen molar-refractivity contribution < 1.29 is 33.3 Å². The number of ether oxygens (including phenoxy) is 4. The number of rotatable bonds is 5. The summed E-state index contributed by atoms with van der Waals surface area (Å²) in [7, 11) is 1.46. The number of carbonyl (C=O) groups is 3. The van der Waals surface area contributed by atoms with Crippen molar-refractivity contribution in [2.45, 2.75) is 12.8 Å². The Bertz CT molecular complexity index is 997. The van der Waals surface area contributed by atoms with Crippen LogP contribution in [0.15, 0.2) is 30.3 Å². The van der Waals surface area contributed by atoms with Gasteiger partial charge < -0.3 is 24.3 Å². The summed E-state index contributed by atoms with van der Waals surface area (Å²) in [5.74, 6) is -0.308. The van der Waals surface area contributed by atoms with Crippen LogP contribution in [0.3, 0.4) is 0 Å². The SMILES string of the molecule is COc1cc(C(=O)OCC(=O)c2ccc3c(c2)[C@H](C)C(=O)N3)cc2c1OCCO2. The van der Waals surface area contributed by atoms with Gasteiger partial charge in [-0.05, 0) is 42.8 Å².